The number of methoxy groups -OCH3 is 1. The Hall–Kier alpha value is -2.14. The van der Waals surface area contributed by atoms with E-state index in [1.807, 2.05) is 36.2 Å². The van der Waals surface area contributed by atoms with Gasteiger partial charge in [0.15, 0.2) is 0 Å². The number of para-hydroxylation sites is 2. The van der Waals surface area contributed by atoms with Crippen LogP contribution in [0.3, 0.4) is 0 Å². The summed E-state index contributed by atoms with van der Waals surface area (Å²) in [6.45, 7) is 0.220. The first-order chi connectivity index (χ1) is 10.1. The summed E-state index contributed by atoms with van der Waals surface area (Å²) in [6.07, 6.45) is 0. The molecule has 112 valence electrons. The van der Waals surface area contributed by atoms with Gasteiger partial charge in [0.1, 0.15) is 17.4 Å². The minimum Gasteiger partial charge on any atom is -0.495 e. The Balaban J connectivity index is 2.40. The zero-order chi connectivity index (χ0) is 15.4. The molecule has 0 aliphatic heterocycles. The molecule has 0 bridgehead atoms. The molecule has 1 unspecified atom stereocenters. The summed E-state index contributed by atoms with van der Waals surface area (Å²) in [7, 11) is 3.39. The van der Waals surface area contributed by atoms with Crippen LogP contribution in [-0.2, 0) is 0 Å². The van der Waals surface area contributed by atoms with E-state index in [1.165, 1.54) is 12.1 Å². The van der Waals surface area contributed by atoms with E-state index in [1.54, 1.807) is 7.11 Å². The standard InChI is InChI=1S/C16H18F2N2O/c1-20(14-5-3-4-6-16(14)21-2)15(10-19)11-7-12(17)9-13(18)8-11/h3-9,15H,10,19H2,1-2H3. The van der Waals surface area contributed by atoms with Crippen LogP contribution in [0.2, 0.25) is 0 Å². The molecule has 0 radical (unpaired) electrons. The number of nitrogens with two attached hydrogens (primary N) is 1. The van der Waals surface area contributed by atoms with Gasteiger partial charge in [0, 0.05) is 19.7 Å². The fraction of sp³-hybridized carbons (Fsp3) is 0.250. The lowest BCUT2D eigenvalue weighted by Gasteiger charge is -2.30. The Morgan fingerprint density at radius 1 is 1.14 bits per heavy atom. The summed E-state index contributed by atoms with van der Waals surface area (Å²) in [5.74, 6) is -0.552. The minimum absolute atomic E-state index is 0.220. The van der Waals surface area contributed by atoms with Gasteiger partial charge >= 0.3 is 0 Å². The van der Waals surface area contributed by atoms with Crippen molar-refractivity contribution in [2.75, 3.05) is 25.6 Å². The highest BCUT2D eigenvalue weighted by molar-refractivity contribution is 5.59. The van der Waals surface area contributed by atoms with Gasteiger partial charge in [-0.05, 0) is 29.8 Å². The lowest BCUT2D eigenvalue weighted by atomic mass is 10.0. The summed E-state index contributed by atoms with van der Waals surface area (Å²) in [5, 5.41) is 0. The molecule has 0 aliphatic carbocycles. The van der Waals surface area contributed by atoms with Gasteiger partial charge in [0.25, 0.3) is 0 Å². The molecule has 5 heteroatoms. The first-order valence-corrected chi connectivity index (χ1v) is 6.58. The van der Waals surface area contributed by atoms with Crippen molar-refractivity contribution >= 4 is 5.69 Å². The summed E-state index contributed by atoms with van der Waals surface area (Å²) in [6, 6.07) is 10.5. The Morgan fingerprint density at radius 3 is 2.33 bits per heavy atom. The van der Waals surface area contributed by atoms with Crippen molar-refractivity contribution in [2.45, 2.75) is 6.04 Å². The summed E-state index contributed by atoms with van der Waals surface area (Å²) < 4.78 is 32.1. The monoisotopic (exact) mass is 292 g/mol. The molecule has 0 aromatic heterocycles. The van der Waals surface area contributed by atoms with Gasteiger partial charge in [-0.25, -0.2) is 8.78 Å². The van der Waals surface area contributed by atoms with Crippen molar-refractivity contribution in [3.05, 3.63) is 59.7 Å². The van der Waals surface area contributed by atoms with Crippen LogP contribution >= 0.6 is 0 Å². The number of rotatable bonds is 5. The van der Waals surface area contributed by atoms with E-state index in [4.69, 9.17) is 10.5 Å². The molecule has 0 amide bonds. The number of hydrogen-bond acceptors (Lipinski definition) is 3. The van der Waals surface area contributed by atoms with Crippen LogP contribution in [-0.4, -0.2) is 20.7 Å². The van der Waals surface area contributed by atoms with Crippen molar-refractivity contribution in [3.8, 4) is 5.75 Å². The Kier molecular flexibility index (Phi) is 4.75. The third-order valence-corrected chi connectivity index (χ3v) is 3.43. The molecule has 2 aromatic carbocycles. The average Bonchev–Trinajstić information content (AvgIpc) is 2.46. The van der Waals surface area contributed by atoms with E-state index < -0.39 is 11.6 Å². The van der Waals surface area contributed by atoms with E-state index in [0.717, 1.165) is 11.8 Å². The number of benzene rings is 2. The maximum Gasteiger partial charge on any atom is 0.142 e. The molecule has 21 heavy (non-hydrogen) atoms. The van der Waals surface area contributed by atoms with E-state index >= 15 is 0 Å². The molecule has 2 rings (SSSR count). The van der Waals surface area contributed by atoms with Gasteiger partial charge in [-0.2, -0.15) is 0 Å². The van der Waals surface area contributed by atoms with Gasteiger partial charge in [0.05, 0.1) is 18.8 Å². The Labute approximate surface area is 122 Å². The minimum atomic E-state index is -0.614. The smallest absolute Gasteiger partial charge is 0.142 e. The predicted molar refractivity (Wildman–Crippen MR) is 79.6 cm³/mol. The predicted octanol–water partition coefficient (Wildman–Crippen LogP) is 3.11. The second-order valence-corrected chi connectivity index (χ2v) is 4.74. The van der Waals surface area contributed by atoms with Crippen LogP contribution < -0.4 is 15.4 Å². The fourth-order valence-electron chi connectivity index (χ4n) is 2.37. The zero-order valence-corrected chi connectivity index (χ0v) is 12.0. The first kappa shape index (κ1) is 15.3. The largest absolute Gasteiger partial charge is 0.495 e. The van der Waals surface area contributed by atoms with Crippen LogP contribution in [0.5, 0.6) is 5.75 Å². The third kappa shape index (κ3) is 3.31. The molecule has 0 saturated carbocycles. The van der Waals surface area contributed by atoms with E-state index in [2.05, 4.69) is 0 Å². The molecule has 2 N–H and O–H groups in total. The number of nitrogens with zero attached hydrogens (tertiary/aromatic N) is 1. The molecule has 0 fully saturated rings. The van der Waals surface area contributed by atoms with Crippen molar-refractivity contribution in [1.29, 1.82) is 0 Å². The number of likely N-dealkylation sites (N-methyl/N-ethyl adjacent to an activating group) is 1. The molecule has 0 aliphatic rings. The lowest BCUT2D eigenvalue weighted by Crippen LogP contribution is -2.30. The number of ether oxygens (including phenoxy) is 1. The van der Waals surface area contributed by atoms with Crippen LogP contribution in [0.4, 0.5) is 14.5 Å². The average molecular weight is 292 g/mol. The van der Waals surface area contributed by atoms with Crippen LogP contribution in [0, 0.1) is 11.6 Å². The Morgan fingerprint density at radius 2 is 1.76 bits per heavy atom. The van der Waals surface area contributed by atoms with Crippen molar-refractivity contribution < 1.29 is 13.5 Å². The van der Waals surface area contributed by atoms with Gasteiger partial charge in [-0.15, -0.1) is 0 Å². The second kappa shape index (κ2) is 6.54. The van der Waals surface area contributed by atoms with Crippen molar-refractivity contribution in [1.82, 2.24) is 0 Å². The maximum absolute atomic E-state index is 13.4. The highest BCUT2D eigenvalue weighted by Crippen LogP contribution is 2.32. The number of anilines is 1. The summed E-state index contributed by atoms with van der Waals surface area (Å²) in [5.41, 5.74) is 7.10. The Bertz CT molecular complexity index is 599. The van der Waals surface area contributed by atoms with Gasteiger partial charge < -0.3 is 15.4 Å². The van der Waals surface area contributed by atoms with Gasteiger partial charge in [-0.3, -0.25) is 0 Å². The highest BCUT2D eigenvalue weighted by atomic mass is 19.1. The van der Waals surface area contributed by atoms with E-state index in [-0.39, 0.29) is 12.6 Å². The maximum atomic E-state index is 13.4. The van der Waals surface area contributed by atoms with Crippen molar-refractivity contribution in [2.24, 2.45) is 5.73 Å². The van der Waals surface area contributed by atoms with Gasteiger partial charge in [-0.1, -0.05) is 12.1 Å². The quantitative estimate of drug-likeness (QED) is 0.920. The van der Waals surface area contributed by atoms with Crippen LogP contribution in [0.25, 0.3) is 0 Å². The first-order valence-electron chi connectivity index (χ1n) is 6.58. The fourth-order valence-corrected chi connectivity index (χ4v) is 2.37. The normalized spacial score (nSPS) is 12.0. The van der Waals surface area contributed by atoms with Crippen LogP contribution in [0.15, 0.2) is 42.5 Å². The SMILES string of the molecule is COc1ccccc1N(C)C(CN)c1cc(F)cc(F)c1. The molecule has 0 heterocycles. The van der Waals surface area contributed by atoms with E-state index in [0.29, 0.717) is 11.3 Å². The third-order valence-electron chi connectivity index (χ3n) is 3.43. The van der Waals surface area contributed by atoms with Gasteiger partial charge in [0.2, 0.25) is 0 Å². The highest BCUT2D eigenvalue weighted by Gasteiger charge is 2.20. The molecular weight excluding hydrogens is 274 g/mol. The summed E-state index contributed by atoms with van der Waals surface area (Å²) in [4.78, 5) is 1.85. The number of hydrogen-bond donors (Lipinski definition) is 1. The molecular formula is C16H18F2N2O. The van der Waals surface area contributed by atoms with Crippen molar-refractivity contribution in [3.63, 3.8) is 0 Å². The molecule has 3 nitrogen and oxygen atoms in total. The molecule has 0 spiro atoms. The lowest BCUT2D eigenvalue weighted by molar-refractivity contribution is 0.413. The second-order valence-electron chi connectivity index (χ2n) is 4.74. The van der Waals surface area contributed by atoms with Crippen LogP contribution in [0.1, 0.15) is 11.6 Å². The number of halogens is 2. The molecule has 2 aromatic rings. The molecule has 1 atom stereocenters. The topological polar surface area (TPSA) is 38.5 Å². The summed E-state index contributed by atoms with van der Waals surface area (Å²) >= 11 is 0. The zero-order valence-electron chi connectivity index (χ0n) is 12.0. The van der Waals surface area contributed by atoms with E-state index in [9.17, 15) is 8.78 Å². The molecule has 0 saturated heterocycles.